The van der Waals surface area contributed by atoms with Crippen molar-refractivity contribution < 1.29 is 4.79 Å². The van der Waals surface area contributed by atoms with E-state index in [1.807, 2.05) is 0 Å². The number of carbonyl (C=O) groups is 1. The van der Waals surface area contributed by atoms with Gasteiger partial charge in [-0.25, -0.2) is 0 Å². The van der Waals surface area contributed by atoms with Gasteiger partial charge in [-0.1, -0.05) is 38.8 Å². The van der Waals surface area contributed by atoms with Gasteiger partial charge in [0.25, 0.3) is 0 Å². The molecule has 2 bridgehead atoms. The fourth-order valence-electron chi connectivity index (χ4n) is 3.81. The molecule has 5 unspecified atom stereocenters. The highest BCUT2D eigenvalue weighted by Crippen LogP contribution is 2.54. The van der Waals surface area contributed by atoms with E-state index in [9.17, 15) is 4.79 Å². The average molecular weight is 192 g/mol. The Hall–Kier alpha value is -0.590. The van der Waals surface area contributed by atoms with E-state index in [4.69, 9.17) is 0 Å². The molecule has 2 aliphatic carbocycles. The lowest BCUT2D eigenvalue weighted by atomic mass is 9.79. The van der Waals surface area contributed by atoms with Gasteiger partial charge in [0.2, 0.25) is 0 Å². The molecule has 0 aromatic heterocycles. The van der Waals surface area contributed by atoms with Crippen LogP contribution in [0, 0.1) is 29.6 Å². The second kappa shape index (κ2) is 3.52. The van der Waals surface area contributed by atoms with Gasteiger partial charge in [0, 0.05) is 5.92 Å². The molecule has 2 rings (SSSR count). The maximum Gasteiger partial charge on any atom is 0.133 e. The highest BCUT2D eigenvalue weighted by Gasteiger charge is 2.51. The molecule has 2 aliphatic rings. The molecule has 0 aliphatic heterocycles. The van der Waals surface area contributed by atoms with E-state index in [1.165, 1.54) is 6.42 Å². The summed E-state index contributed by atoms with van der Waals surface area (Å²) in [6.45, 7) is 6.25. The van der Waals surface area contributed by atoms with Crippen molar-refractivity contribution in [3.8, 4) is 0 Å². The van der Waals surface area contributed by atoms with Crippen LogP contribution in [0.5, 0.6) is 0 Å². The van der Waals surface area contributed by atoms with E-state index in [1.54, 1.807) is 6.92 Å². The molecule has 1 saturated carbocycles. The smallest absolute Gasteiger partial charge is 0.133 e. The molecule has 0 spiro atoms. The van der Waals surface area contributed by atoms with Crippen molar-refractivity contribution in [3.63, 3.8) is 0 Å². The predicted molar refractivity (Wildman–Crippen MR) is 57.9 cm³/mol. The van der Waals surface area contributed by atoms with Crippen molar-refractivity contribution in [3.05, 3.63) is 12.2 Å². The molecule has 1 fully saturated rings. The summed E-state index contributed by atoms with van der Waals surface area (Å²) >= 11 is 0. The van der Waals surface area contributed by atoms with Crippen LogP contribution in [0.4, 0.5) is 0 Å². The van der Waals surface area contributed by atoms with Crippen molar-refractivity contribution in [1.29, 1.82) is 0 Å². The van der Waals surface area contributed by atoms with E-state index >= 15 is 0 Å². The minimum absolute atomic E-state index is 0.333. The monoisotopic (exact) mass is 192 g/mol. The van der Waals surface area contributed by atoms with Crippen molar-refractivity contribution in [1.82, 2.24) is 0 Å². The number of hydrogen-bond acceptors (Lipinski definition) is 1. The van der Waals surface area contributed by atoms with Gasteiger partial charge < -0.3 is 0 Å². The first-order chi connectivity index (χ1) is 6.70. The van der Waals surface area contributed by atoms with E-state index in [-0.39, 0.29) is 0 Å². The van der Waals surface area contributed by atoms with E-state index in [2.05, 4.69) is 26.0 Å². The summed E-state index contributed by atoms with van der Waals surface area (Å²) in [5.74, 6) is 3.39. The molecular formula is C13H20O. The molecule has 0 aromatic rings. The molecule has 1 heteroatoms. The summed E-state index contributed by atoms with van der Waals surface area (Å²) in [6.07, 6.45) is 7.05. The van der Waals surface area contributed by atoms with Gasteiger partial charge >= 0.3 is 0 Å². The second-order valence-corrected chi connectivity index (χ2v) is 4.82. The van der Waals surface area contributed by atoms with Crippen LogP contribution >= 0.6 is 0 Å². The standard InChI is InChI=1S/C13H20O/c1-4-9-11-6-7-12(9)13(8(3)14)10(11)5-2/h6-7,9-13H,4-5H2,1-3H3. The zero-order chi connectivity index (χ0) is 10.3. The quantitative estimate of drug-likeness (QED) is 0.628. The zero-order valence-corrected chi connectivity index (χ0v) is 9.36. The van der Waals surface area contributed by atoms with Crippen LogP contribution in [0.25, 0.3) is 0 Å². The maximum absolute atomic E-state index is 11.6. The summed E-state index contributed by atoms with van der Waals surface area (Å²) < 4.78 is 0. The van der Waals surface area contributed by atoms with Crippen LogP contribution in [-0.2, 0) is 4.79 Å². The molecule has 0 amide bonds. The largest absolute Gasteiger partial charge is 0.300 e. The van der Waals surface area contributed by atoms with Gasteiger partial charge in [-0.15, -0.1) is 0 Å². The number of fused-ring (bicyclic) bond motifs is 2. The van der Waals surface area contributed by atoms with Gasteiger partial charge in [-0.2, -0.15) is 0 Å². The van der Waals surface area contributed by atoms with Crippen LogP contribution in [0.3, 0.4) is 0 Å². The highest BCUT2D eigenvalue weighted by atomic mass is 16.1. The molecule has 0 N–H and O–H groups in total. The molecule has 0 heterocycles. The summed E-state index contributed by atoms with van der Waals surface area (Å²) in [6, 6.07) is 0. The highest BCUT2D eigenvalue weighted by molar-refractivity contribution is 5.80. The Labute approximate surface area is 86.6 Å². The average Bonchev–Trinajstić information content (AvgIpc) is 2.70. The topological polar surface area (TPSA) is 17.1 Å². The van der Waals surface area contributed by atoms with Crippen molar-refractivity contribution in [2.45, 2.75) is 33.6 Å². The minimum Gasteiger partial charge on any atom is -0.300 e. The molecule has 0 saturated heterocycles. The van der Waals surface area contributed by atoms with Crippen molar-refractivity contribution in [2.75, 3.05) is 0 Å². The Morgan fingerprint density at radius 3 is 2.07 bits per heavy atom. The van der Waals surface area contributed by atoms with Gasteiger partial charge in [0.05, 0.1) is 0 Å². The number of ketones is 1. The van der Waals surface area contributed by atoms with Crippen molar-refractivity contribution in [2.24, 2.45) is 29.6 Å². The normalized spacial score (nSPS) is 44.6. The second-order valence-electron chi connectivity index (χ2n) is 4.82. The van der Waals surface area contributed by atoms with Crippen LogP contribution in [-0.4, -0.2) is 5.78 Å². The first-order valence-electron chi connectivity index (χ1n) is 5.89. The van der Waals surface area contributed by atoms with Crippen LogP contribution in [0.2, 0.25) is 0 Å². The number of allylic oxidation sites excluding steroid dienone is 2. The predicted octanol–water partition coefficient (Wildman–Crippen LogP) is 3.06. The molecule has 5 atom stereocenters. The van der Waals surface area contributed by atoms with Gasteiger partial charge in [0.1, 0.15) is 5.78 Å². The Kier molecular flexibility index (Phi) is 2.50. The minimum atomic E-state index is 0.333. The van der Waals surface area contributed by atoms with Crippen LogP contribution < -0.4 is 0 Å². The maximum atomic E-state index is 11.6. The lowest BCUT2D eigenvalue weighted by Gasteiger charge is -2.24. The third kappa shape index (κ3) is 1.18. The van der Waals surface area contributed by atoms with Gasteiger partial charge in [-0.3, -0.25) is 4.79 Å². The number of carbonyl (C=O) groups excluding carboxylic acids is 1. The molecule has 78 valence electrons. The van der Waals surface area contributed by atoms with Crippen LogP contribution in [0.1, 0.15) is 33.6 Å². The first-order valence-corrected chi connectivity index (χ1v) is 5.89. The third-order valence-electron chi connectivity index (χ3n) is 4.33. The molecule has 0 radical (unpaired) electrons. The van der Waals surface area contributed by atoms with Gasteiger partial charge in [0.15, 0.2) is 0 Å². The SMILES string of the molecule is CCC1C2C=CC1C(C(C)=O)C2CC. The lowest BCUT2D eigenvalue weighted by molar-refractivity contribution is -0.123. The van der Waals surface area contributed by atoms with E-state index < -0.39 is 0 Å². The molecular weight excluding hydrogens is 172 g/mol. The summed E-state index contributed by atoms with van der Waals surface area (Å²) in [5.41, 5.74) is 0. The Morgan fingerprint density at radius 1 is 1.07 bits per heavy atom. The Bertz CT molecular complexity index is 266. The van der Waals surface area contributed by atoms with E-state index in [0.29, 0.717) is 29.5 Å². The fourth-order valence-corrected chi connectivity index (χ4v) is 3.81. The Balaban J connectivity index is 2.27. The molecule has 14 heavy (non-hydrogen) atoms. The summed E-state index contributed by atoms with van der Waals surface area (Å²) in [4.78, 5) is 11.6. The zero-order valence-electron chi connectivity index (χ0n) is 9.36. The third-order valence-corrected chi connectivity index (χ3v) is 4.33. The van der Waals surface area contributed by atoms with Gasteiger partial charge in [-0.05, 0) is 30.6 Å². The Morgan fingerprint density at radius 2 is 1.64 bits per heavy atom. The molecule has 0 aromatic carbocycles. The molecule has 1 nitrogen and oxygen atoms in total. The van der Waals surface area contributed by atoms with Crippen LogP contribution in [0.15, 0.2) is 12.2 Å². The number of rotatable bonds is 3. The first kappa shape index (κ1) is 9.95. The fraction of sp³-hybridized carbons (Fsp3) is 0.769. The number of Topliss-reactive ketones (excluding diaryl/α,β-unsaturated/α-hetero) is 1. The van der Waals surface area contributed by atoms with Crippen molar-refractivity contribution >= 4 is 5.78 Å². The lowest BCUT2D eigenvalue weighted by Crippen LogP contribution is -2.25. The summed E-state index contributed by atoms with van der Waals surface area (Å²) in [7, 11) is 0. The van der Waals surface area contributed by atoms with E-state index in [0.717, 1.165) is 12.3 Å². The summed E-state index contributed by atoms with van der Waals surface area (Å²) in [5, 5.41) is 0. The number of hydrogen-bond donors (Lipinski definition) is 0.